The summed E-state index contributed by atoms with van der Waals surface area (Å²) in [6, 6.07) is 7.15. The Labute approximate surface area is 108 Å². The lowest BCUT2D eigenvalue weighted by atomic mass is 10.3. The van der Waals surface area contributed by atoms with Crippen molar-refractivity contribution in [3.05, 3.63) is 42.0 Å². The monoisotopic (exact) mass is 266 g/mol. The third kappa shape index (κ3) is 3.09. The van der Waals surface area contributed by atoms with Crippen molar-refractivity contribution in [3.8, 4) is 17.4 Å². The Morgan fingerprint density at radius 1 is 1.11 bits per heavy atom. The quantitative estimate of drug-likeness (QED) is 0.923. The molecule has 0 atom stereocenters. The number of nitrogens with zero attached hydrogens (tertiary/aromatic N) is 1. The lowest BCUT2D eigenvalue weighted by Gasteiger charge is -2.08. The van der Waals surface area contributed by atoms with Crippen LogP contribution in [0.4, 0.5) is 14.6 Å². The van der Waals surface area contributed by atoms with Gasteiger partial charge in [0.2, 0.25) is 0 Å². The van der Waals surface area contributed by atoms with Gasteiger partial charge in [0.15, 0.2) is 17.5 Å². The first-order chi connectivity index (χ1) is 9.10. The van der Waals surface area contributed by atoms with E-state index in [4.69, 9.17) is 15.2 Å². The number of nitrogens with two attached hydrogens (primary N) is 1. The van der Waals surface area contributed by atoms with Gasteiger partial charge in [-0.05, 0) is 31.2 Å². The summed E-state index contributed by atoms with van der Waals surface area (Å²) in [4.78, 5) is 3.50. The molecule has 100 valence electrons. The molecule has 0 saturated heterocycles. The van der Waals surface area contributed by atoms with Crippen LogP contribution in [0.2, 0.25) is 0 Å². The molecule has 0 amide bonds. The van der Waals surface area contributed by atoms with Crippen LogP contribution in [0.15, 0.2) is 30.3 Å². The van der Waals surface area contributed by atoms with Gasteiger partial charge >= 0.3 is 0 Å². The first-order valence-electron chi connectivity index (χ1n) is 5.62. The molecule has 4 nitrogen and oxygen atoms in total. The number of pyridine rings is 1. The van der Waals surface area contributed by atoms with Crippen molar-refractivity contribution in [2.75, 3.05) is 12.3 Å². The maximum absolute atomic E-state index is 13.4. The Morgan fingerprint density at radius 2 is 1.74 bits per heavy atom. The van der Waals surface area contributed by atoms with Gasteiger partial charge in [0.05, 0.1) is 6.61 Å². The molecule has 0 radical (unpaired) electrons. The maximum atomic E-state index is 13.4. The van der Waals surface area contributed by atoms with Gasteiger partial charge in [0, 0.05) is 6.07 Å². The van der Waals surface area contributed by atoms with Crippen LogP contribution in [0.1, 0.15) is 6.92 Å². The Balaban J connectivity index is 2.19. The highest BCUT2D eigenvalue weighted by molar-refractivity contribution is 5.38. The summed E-state index contributed by atoms with van der Waals surface area (Å²) in [5.74, 6) is -1.61. The Kier molecular flexibility index (Phi) is 3.79. The second-order valence-corrected chi connectivity index (χ2v) is 3.65. The van der Waals surface area contributed by atoms with Gasteiger partial charge < -0.3 is 15.2 Å². The zero-order valence-corrected chi connectivity index (χ0v) is 10.2. The molecule has 2 N–H and O–H groups in total. The number of hydrogen-bond donors (Lipinski definition) is 1. The molecule has 19 heavy (non-hydrogen) atoms. The Hall–Kier alpha value is -2.37. The topological polar surface area (TPSA) is 57.4 Å². The highest BCUT2D eigenvalue weighted by atomic mass is 19.1. The second-order valence-electron chi connectivity index (χ2n) is 3.65. The summed E-state index contributed by atoms with van der Waals surface area (Å²) < 4.78 is 36.8. The fourth-order valence-corrected chi connectivity index (χ4v) is 1.42. The molecule has 0 fully saturated rings. The number of hydrogen-bond acceptors (Lipinski definition) is 4. The van der Waals surface area contributed by atoms with Crippen LogP contribution in [0.25, 0.3) is 0 Å². The van der Waals surface area contributed by atoms with Gasteiger partial charge in [0.25, 0.3) is 5.88 Å². The summed E-state index contributed by atoms with van der Waals surface area (Å²) in [6.45, 7) is 2.41. The number of benzene rings is 1. The largest absolute Gasteiger partial charge is 0.494 e. The van der Waals surface area contributed by atoms with Crippen molar-refractivity contribution in [1.82, 2.24) is 4.98 Å². The van der Waals surface area contributed by atoms with E-state index in [1.807, 2.05) is 6.92 Å². The smallest absolute Gasteiger partial charge is 0.258 e. The average molecular weight is 266 g/mol. The number of ether oxygens (including phenoxy) is 2. The first-order valence-corrected chi connectivity index (χ1v) is 5.62. The number of rotatable bonds is 4. The Morgan fingerprint density at radius 3 is 2.37 bits per heavy atom. The zero-order valence-electron chi connectivity index (χ0n) is 10.2. The normalized spacial score (nSPS) is 10.3. The molecule has 0 aliphatic heterocycles. The fourth-order valence-electron chi connectivity index (χ4n) is 1.42. The van der Waals surface area contributed by atoms with Crippen molar-refractivity contribution in [2.45, 2.75) is 6.92 Å². The molecule has 0 aliphatic rings. The van der Waals surface area contributed by atoms with Crippen LogP contribution in [0, 0.1) is 11.6 Å². The SMILES string of the molecule is CCOc1ccc(Oc2nc(N)c(F)cc2F)cc1. The van der Waals surface area contributed by atoms with E-state index >= 15 is 0 Å². The van der Waals surface area contributed by atoms with Crippen LogP contribution in [-0.4, -0.2) is 11.6 Å². The maximum Gasteiger partial charge on any atom is 0.258 e. The predicted octanol–water partition coefficient (Wildman–Crippen LogP) is 3.13. The molecule has 0 saturated carbocycles. The summed E-state index contributed by atoms with van der Waals surface area (Å²) in [5.41, 5.74) is 5.25. The van der Waals surface area contributed by atoms with Crippen molar-refractivity contribution < 1.29 is 18.3 Å². The molecule has 0 unspecified atom stereocenters. The molecule has 0 bridgehead atoms. The first kappa shape index (κ1) is 13.1. The summed E-state index contributed by atoms with van der Waals surface area (Å²) in [6.07, 6.45) is 0. The summed E-state index contributed by atoms with van der Waals surface area (Å²) >= 11 is 0. The predicted molar refractivity (Wildman–Crippen MR) is 66.3 cm³/mol. The molecule has 0 spiro atoms. The van der Waals surface area contributed by atoms with Gasteiger partial charge in [-0.25, -0.2) is 8.78 Å². The molecule has 0 aliphatic carbocycles. The average Bonchev–Trinajstić information content (AvgIpc) is 2.38. The minimum atomic E-state index is -0.920. The van der Waals surface area contributed by atoms with E-state index in [0.717, 1.165) is 0 Å². The molecular formula is C13H12F2N2O2. The molecule has 1 heterocycles. The number of aromatic nitrogens is 1. The van der Waals surface area contributed by atoms with Gasteiger partial charge in [-0.3, -0.25) is 0 Å². The third-order valence-electron chi connectivity index (χ3n) is 2.27. The number of halogens is 2. The molecule has 6 heteroatoms. The highest BCUT2D eigenvalue weighted by Crippen LogP contribution is 2.26. The zero-order chi connectivity index (χ0) is 13.8. The fraction of sp³-hybridized carbons (Fsp3) is 0.154. The van der Waals surface area contributed by atoms with Crippen LogP contribution < -0.4 is 15.2 Å². The van der Waals surface area contributed by atoms with E-state index in [1.165, 1.54) is 0 Å². The molecular weight excluding hydrogens is 254 g/mol. The minimum Gasteiger partial charge on any atom is -0.494 e. The van der Waals surface area contributed by atoms with Crippen LogP contribution in [0.3, 0.4) is 0 Å². The second kappa shape index (κ2) is 5.51. The van der Waals surface area contributed by atoms with Gasteiger partial charge in [-0.2, -0.15) is 4.98 Å². The van der Waals surface area contributed by atoms with E-state index in [9.17, 15) is 8.78 Å². The summed E-state index contributed by atoms with van der Waals surface area (Å²) in [5, 5.41) is 0. The molecule has 1 aromatic heterocycles. The van der Waals surface area contributed by atoms with Crippen LogP contribution >= 0.6 is 0 Å². The van der Waals surface area contributed by atoms with Crippen LogP contribution in [0.5, 0.6) is 17.4 Å². The highest BCUT2D eigenvalue weighted by Gasteiger charge is 2.11. The molecule has 2 aromatic rings. The standard InChI is InChI=1S/C13H12F2N2O2/c1-2-18-8-3-5-9(6-4-8)19-13-11(15)7-10(14)12(16)17-13/h3-7H,2H2,1H3,(H2,16,17). The molecule has 2 rings (SSSR count). The van der Waals surface area contributed by atoms with E-state index < -0.39 is 17.5 Å². The van der Waals surface area contributed by atoms with Crippen molar-refractivity contribution in [3.63, 3.8) is 0 Å². The number of anilines is 1. The third-order valence-corrected chi connectivity index (χ3v) is 2.27. The molecule has 1 aromatic carbocycles. The van der Waals surface area contributed by atoms with Gasteiger partial charge in [0.1, 0.15) is 11.5 Å². The van der Waals surface area contributed by atoms with E-state index in [2.05, 4.69) is 4.98 Å². The van der Waals surface area contributed by atoms with Gasteiger partial charge in [-0.1, -0.05) is 0 Å². The lowest BCUT2D eigenvalue weighted by Crippen LogP contribution is -2.00. The van der Waals surface area contributed by atoms with Crippen molar-refractivity contribution >= 4 is 5.82 Å². The van der Waals surface area contributed by atoms with Crippen molar-refractivity contribution in [2.24, 2.45) is 0 Å². The van der Waals surface area contributed by atoms with Gasteiger partial charge in [-0.15, -0.1) is 0 Å². The lowest BCUT2D eigenvalue weighted by molar-refractivity contribution is 0.339. The van der Waals surface area contributed by atoms with Crippen LogP contribution in [-0.2, 0) is 0 Å². The number of nitrogen functional groups attached to an aromatic ring is 1. The minimum absolute atomic E-state index is 0.348. The Bertz CT molecular complexity index is 574. The van der Waals surface area contributed by atoms with Crippen molar-refractivity contribution in [1.29, 1.82) is 0 Å². The summed E-state index contributed by atoms with van der Waals surface area (Å²) in [7, 11) is 0. The van der Waals surface area contributed by atoms with E-state index in [-0.39, 0.29) is 5.88 Å². The van der Waals surface area contributed by atoms with E-state index in [1.54, 1.807) is 24.3 Å². The van der Waals surface area contributed by atoms with E-state index in [0.29, 0.717) is 24.2 Å².